The van der Waals surface area contributed by atoms with Gasteiger partial charge in [-0.2, -0.15) is 0 Å². The number of anilines is 1. The molecule has 4 aromatic rings. The molecule has 0 fully saturated rings. The first-order valence-corrected chi connectivity index (χ1v) is 9.89. The summed E-state index contributed by atoms with van der Waals surface area (Å²) in [5.74, 6) is 0.496. The predicted molar refractivity (Wildman–Crippen MR) is 115 cm³/mol. The molecule has 0 radical (unpaired) electrons. The van der Waals surface area contributed by atoms with Gasteiger partial charge in [0.2, 0.25) is 0 Å². The average molecular weight is 409 g/mol. The van der Waals surface area contributed by atoms with E-state index in [-0.39, 0.29) is 5.91 Å². The van der Waals surface area contributed by atoms with Crippen LogP contribution in [0.3, 0.4) is 0 Å². The number of nitrogens with one attached hydrogen (secondary N) is 1. The predicted octanol–water partition coefficient (Wildman–Crippen LogP) is 5.80. The van der Waals surface area contributed by atoms with Crippen LogP contribution in [-0.4, -0.2) is 18.0 Å². The van der Waals surface area contributed by atoms with Crippen molar-refractivity contribution in [2.75, 3.05) is 12.4 Å². The van der Waals surface area contributed by atoms with Crippen molar-refractivity contribution in [3.8, 4) is 5.75 Å². The van der Waals surface area contributed by atoms with E-state index < -0.39 is 0 Å². The third-order valence-electron chi connectivity index (χ3n) is 4.41. The van der Waals surface area contributed by atoms with E-state index in [2.05, 4.69) is 10.3 Å². The molecule has 0 bridgehead atoms. The van der Waals surface area contributed by atoms with Crippen molar-refractivity contribution in [2.24, 2.45) is 0 Å². The van der Waals surface area contributed by atoms with Gasteiger partial charge in [-0.1, -0.05) is 23.7 Å². The van der Waals surface area contributed by atoms with E-state index in [0.717, 1.165) is 27.8 Å². The largest absolute Gasteiger partial charge is 0.497 e. The first-order valence-electron chi connectivity index (χ1n) is 8.69. The summed E-state index contributed by atoms with van der Waals surface area (Å²) in [6.07, 6.45) is 4.39. The highest BCUT2D eigenvalue weighted by molar-refractivity contribution is 7.21. The highest BCUT2D eigenvalue weighted by Gasteiger charge is 2.18. The maximum atomic E-state index is 12.7. The van der Waals surface area contributed by atoms with Crippen molar-refractivity contribution >= 4 is 44.6 Å². The SMILES string of the molecule is COc1ccc2sc(C(=O)Nc3ccc(Cc4ccncc4)cc3)c(Cl)c2c1. The van der Waals surface area contributed by atoms with Crippen LogP contribution in [0, 0.1) is 0 Å². The zero-order valence-electron chi connectivity index (χ0n) is 15.1. The van der Waals surface area contributed by atoms with Crippen LogP contribution in [0.4, 0.5) is 5.69 Å². The molecular formula is C22H17ClN2O2S. The van der Waals surface area contributed by atoms with Gasteiger partial charge in [-0.3, -0.25) is 9.78 Å². The van der Waals surface area contributed by atoms with E-state index in [1.54, 1.807) is 19.5 Å². The second kappa shape index (κ2) is 8.00. The highest BCUT2D eigenvalue weighted by Crippen LogP contribution is 2.37. The highest BCUT2D eigenvalue weighted by atomic mass is 35.5. The summed E-state index contributed by atoms with van der Waals surface area (Å²) in [5.41, 5.74) is 3.09. The van der Waals surface area contributed by atoms with Gasteiger partial charge < -0.3 is 10.1 Å². The van der Waals surface area contributed by atoms with E-state index in [1.807, 2.05) is 54.6 Å². The summed E-state index contributed by atoms with van der Waals surface area (Å²) in [6.45, 7) is 0. The van der Waals surface area contributed by atoms with Gasteiger partial charge in [0.1, 0.15) is 10.6 Å². The molecule has 0 aliphatic carbocycles. The van der Waals surface area contributed by atoms with Crippen LogP contribution in [0.15, 0.2) is 67.0 Å². The van der Waals surface area contributed by atoms with E-state index in [4.69, 9.17) is 16.3 Å². The molecule has 0 saturated carbocycles. The maximum absolute atomic E-state index is 12.7. The molecule has 2 aromatic heterocycles. The van der Waals surface area contributed by atoms with Crippen molar-refractivity contribution in [3.05, 3.63) is 88.0 Å². The second-order valence-corrected chi connectivity index (χ2v) is 7.72. The van der Waals surface area contributed by atoms with E-state index in [9.17, 15) is 4.79 Å². The summed E-state index contributed by atoms with van der Waals surface area (Å²) in [6, 6.07) is 17.4. The number of hydrogen-bond donors (Lipinski definition) is 1. The molecule has 0 spiro atoms. The molecule has 2 heterocycles. The fourth-order valence-corrected chi connectivity index (χ4v) is 4.33. The number of rotatable bonds is 5. The van der Waals surface area contributed by atoms with Crippen molar-refractivity contribution < 1.29 is 9.53 Å². The van der Waals surface area contributed by atoms with Gasteiger partial charge in [-0.25, -0.2) is 0 Å². The molecule has 0 unspecified atom stereocenters. The lowest BCUT2D eigenvalue weighted by atomic mass is 10.1. The van der Waals surface area contributed by atoms with Crippen LogP contribution in [0.2, 0.25) is 5.02 Å². The summed E-state index contributed by atoms with van der Waals surface area (Å²) in [7, 11) is 1.60. The normalized spacial score (nSPS) is 10.8. The summed E-state index contributed by atoms with van der Waals surface area (Å²) < 4.78 is 6.19. The zero-order valence-corrected chi connectivity index (χ0v) is 16.7. The first kappa shape index (κ1) is 18.5. The molecule has 4 nitrogen and oxygen atoms in total. The Hall–Kier alpha value is -2.89. The number of fused-ring (bicyclic) bond motifs is 1. The number of carbonyl (C=O) groups is 1. The number of halogens is 1. The topological polar surface area (TPSA) is 51.2 Å². The molecule has 4 rings (SSSR count). The standard InChI is InChI=1S/C22H17ClN2O2S/c1-27-17-6-7-19-18(13-17)20(23)21(28-19)22(26)25-16-4-2-14(3-5-16)12-15-8-10-24-11-9-15/h2-11,13H,12H2,1H3,(H,25,26). The number of nitrogens with zero attached hydrogens (tertiary/aromatic N) is 1. The zero-order chi connectivity index (χ0) is 19.5. The van der Waals surface area contributed by atoms with Crippen LogP contribution >= 0.6 is 22.9 Å². The van der Waals surface area contributed by atoms with E-state index in [1.165, 1.54) is 16.9 Å². The van der Waals surface area contributed by atoms with Crippen LogP contribution in [0.1, 0.15) is 20.8 Å². The number of methoxy groups -OCH3 is 1. The van der Waals surface area contributed by atoms with Gasteiger partial charge in [0.15, 0.2) is 0 Å². The van der Waals surface area contributed by atoms with Gasteiger partial charge in [-0.05, 0) is 60.0 Å². The van der Waals surface area contributed by atoms with Crippen molar-refractivity contribution in [2.45, 2.75) is 6.42 Å². The number of thiophene rings is 1. The van der Waals surface area contributed by atoms with Gasteiger partial charge in [0, 0.05) is 28.2 Å². The molecule has 140 valence electrons. The lowest BCUT2D eigenvalue weighted by Crippen LogP contribution is -2.10. The van der Waals surface area contributed by atoms with Crippen molar-refractivity contribution in [1.29, 1.82) is 0 Å². The summed E-state index contributed by atoms with van der Waals surface area (Å²) in [5, 5.41) is 4.20. The Balaban J connectivity index is 1.50. The monoisotopic (exact) mass is 408 g/mol. The Morgan fingerprint density at radius 1 is 1.07 bits per heavy atom. The minimum absolute atomic E-state index is 0.216. The minimum atomic E-state index is -0.216. The number of benzene rings is 2. The molecule has 6 heteroatoms. The quantitative estimate of drug-likeness (QED) is 0.454. The molecule has 1 amide bonds. The Morgan fingerprint density at radius 3 is 2.50 bits per heavy atom. The number of carbonyl (C=O) groups excluding carboxylic acids is 1. The Labute approximate surface area is 171 Å². The first-order chi connectivity index (χ1) is 13.6. The van der Waals surface area contributed by atoms with Crippen LogP contribution in [0.25, 0.3) is 10.1 Å². The summed E-state index contributed by atoms with van der Waals surface area (Å²) in [4.78, 5) is 17.2. The van der Waals surface area contributed by atoms with Crippen LogP contribution < -0.4 is 10.1 Å². The van der Waals surface area contributed by atoms with Gasteiger partial charge in [0.05, 0.1) is 12.1 Å². The molecule has 28 heavy (non-hydrogen) atoms. The number of aromatic nitrogens is 1. The van der Waals surface area contributed by atoms with Crippen LogP contribution in [0.5, 0.6) is 5.75 Å². The summed E-state index contributed by atoms with van der Waals surface area (Å²) >= 11 is 7.82. The number of amides is 1. The van der Waals surface area contributed by atoms with Gasteiger partial charge in [-0.15, -0.1) is 11.3 Å². The fourth-order valence-electron chi connectivity index (χ4n) is 2.95. The number of hydrogen-bond acceptors (Lipinski definition) is 4. The molecular weight excluding hydrogens is 392 g/mol. The van der Waals surface area contributed by atoms with E-state index >= 15 is 0 Å². The Morgan fingerprint density at radius 2 is 1.79 bits per heavy atom. The number of ether oxygens (including phenoxy) is 1. The Kier molecular flexibility index (Phi) is 5.28. The molecule has 0 aliphatic heterocycles. The van der Waals surface area contributed by atoms with Gasteiger partial charge >= 0.3 is 0 Å². The van der Waals surface area contributed by atoms with Crippen molar-refractivity contribution in [3.63, 3.8) is 0 Å². The fraction of sp³-hybridized carbons (Fsp3) is 0.0909. The van der Waals surface area contributed by atoms with E-state index in [0.29, 0.717) is 15.6 Å². The maximum Gasteiger partial charge on any atom is 0.267 e. The third-order valence-corrected chi connectivity index (χ3v) is 6.08. The van der Waals surface area contributed by atoms with Crippen LogP contribution in [-0.2, 0) is 6.42 Å². The molecule has 0 aliphatic rings. The smallest absolute Gasteiger partial charge is 0.267 e. The minimum Gasteiger partial charge on any atom is -0.497 e. The third kappa shape index (κ3) is 3.86. The molecule has 0 atom stereocenters. The lowest BCUT2D eigenvalue weighted by Gasteiger charge is -2.06. The second-order valence-electron chi connectivity index (χ2n) is 6.29. The average Bonchev–Trinajstić information content (AvgIpc) is 3.06. The van der Waals surface area contributed by atoms with Gasteiger partial charge in [0.25, 0.3) is 5.91 Å². The molecule has 1 N–H and O–H groups in total. The van der Waals surface area contributed by atoms with Crippen molar-refractivity contribution in [1.82, 2.24) is 4.98 Å². The number of pyridine rings is 1. The molecule has 2 aromatic carbocycles. The molecule has 0 saturated heterocycles. The lowest BCUT2D eigenvalue weighted by molar-refractivity contribution is 0.103. The Bertz CT molecular complexity index is 1120.